The molecule has 2 aromatic heterocycles. The van der Waals surface area contributed by atoms with E-state index >= 15 is 0 Å². The zero-order valence-corrected chi connectivity index (χ0v) is 37.5. The van der Waals surface area contributed by atoms with E-state index < -0.39 is 23.9 Å². The molecule has 8 rings (SSSR count). The second-order valence-electron chi connectivity index (χ2n) is 13.0. The van der Waals surface area contributed by atoms with Crippen molar-refractivity contribution >= 4 is 48.2 Å². The van der Waals surface area contributed by atoms with E-state index in [1.165, 1.54) is 72.8 Å². The number of benzene rings is 6. The average Bonchev–Trinajstić information content (AvgIpc) is 3.35. The molecule has 0 spiro atoms. The van der Waals surface area contributed by atoms with Crippen LogP contribution in [0.25, 0.3) is 24.3 Å². The Kier molecular flexibility index (Phi) is 29.2. The monoisotopic (exact) mass is 1010 g/mol. The molecular weight excluding hydrogens is 970 g/mol. The number of halogens is 2. The van der Waals surface area contributed by atoms with Crippen molar-refractivity contribution in [1.82, 2.24) is 9.97 Å². The predicted molar refractivity (Wildman–Crippen MR) is 242 cm³/mol. The third kappa shape index (κ3) is 25.4. The Balaban J connectivity index is 0.000000413. The summed E-state index contributed by atoms with van der Waals surface area (Å²) in [4.78, 5) is 48.2. The normalized spacial score (nSPS) is 9.44. The van der Waals surface area contributed by atoms with E-state index in [4.69, 9.17) is 0 Å². The molecule has 10 nitrogen and oxygen atoms in total. The van der Waals surface area contributed by atoms with Crippen LogP contribution in [0.15, 0.2) is 219 Å². The molecule has 0 saturated carbocycles. The number of aromatic carboxylic acids is 4. The molecule has 350 valence electrons. The van der Waals surface area contributed by atoms with Crippen molar-refractivity contribution in [2.45, 2.75) is 0 Å². The molecule has 0 N–H and O–H groups in total. The molecule has 0 aliphatic heterocycles. The van der Waals surface area contributed by atoms with Gasteiger partial charge < -0.3 is 39.6 Å². The number of hydrogen-bond acceptors (Lipinski definition) is 10. The smallest absolute Gasteiger partial charge is 0.545 e. The van der Waals surface area contributed by atoms with E-state index in [1.54, 1.807) is 110 Å². The van der Waals surface area contributed by atoms with E-state index in [0.29, 0.717) is 0 Å². The van der Waals surface area contributed by atoms with Gasteiger partial charge in [-0.15, -0.1) is 0 Å². The quantitative estimate of drug-likeness (QED) is 0.144. The van der Waals surface area contributed by atoms with Gasteiger partial charge in [-0.25, -0.2) is 8.78 Å². The summed E-state index contributed by atoms with van der Waals surface area (Å²) in [6, 6.07) is 52.8. The number of carboxylic acid groups (broad SMARTS) is 4. The minimum Gasteiger partial charge on any atom is -0.545 e. The molecule has 0 saturated heterocycles. The molecule has 0 aliphatic carbocycles. The Labute approximate surface area is 413 Å². The number of carbonyl (C=O) groups excluding carboxylic acids is 4. The van der Waals surface area contributed by atoms with Crippen LogP contribution in [0.1, 0.15) is 63.7 Å². The van der Waals surface area contributed by atoms with Gasteiger partial charge in [-0.3, -0.25) is 9.97 Å². The molecule has 0 amide bonds. The van der Waals surface area contributed by atoms with Crippen molar-refractivity contribution < 1.29 is 82.5 Å². The average molecular weight is 1010 g/mol. The van der Waals surface area contributed by atoms with Crippen LogP contribution >= 0.6 is 0 Å². The van der Waals surface area contributed by atoms with E-state index in [0.717, 1.165) is 22.3 Å². The van der Waals surface area contributed by atoms with E-state index in [9.17, 15) is 48.4 Å². The number of aromatic nitrogens is 2. The van der Waals surface area contributed by atoms with Crippen molar-refractivity contribution in [2.24, 2.45) is 0 Å². The summed E-state index contributed by atoms with van der Waals surface area (Å²) in [7, 11) is 0. The summed E-state index contributed by atoms with van der Waals surface area (Å²) in [5, 5.41) is 40.4. The van der Waals surface area contributed by atoms with Crippen LogP contribution < -0.4 is 20.4 Å². The van der Waals surface area contributed by atoms with Crippen LogP contribution in [0.3, 0.4) is 0 Å². The fourth-order valence-electron chi connectivity index (χ4n) is 4.85. The number of hydrogen-bond donors (Lipinski definition) is 0. The first-order chi connectivity index (χ1) is 31.9. The zero-order valence-electron chi connectivity index (χ0n) is 35.6. The fraction of sp³-hybridized carbons (Fsp3) is 0. The van der Waals surface area contributed by atoms with E-state index in [1.807, 2.05) is 60.7 Å². The molecule has 0 unspecified atom stereocenters. The van der Waals surface area contributed by atoms with E-state index in [-0.39, 0.29) is 68.0 Å². The predicted octanol–water partition coefficient (Wildman–Crippen LogP) is 6.98. The molecule has 2 heterocycles. The van der Waals surface area contributed by atoms with Crippen molar-refractivity contribution in [1.29, 1.82) is 0 Å². The third-order valence-electron chi connectivity index (χ3n) is 8.08. The van der Waals surface area contributed by atoms with Crippen molar-refractivity contribution in [2.75, 3.05) is 0 Å². The van der Waals surface area contributed by atoms with Gasteiger partial charge in [-0.05, 0) is 93.0 Å². The summed E-state index contributed by atoms with van der Waals surface area (Å²) in [6.45, 7) is 0. The Bertz CT molecular complexity index is 2430. The maximum atomic E-state index is 12.8. The number of carbonyl (C=O) groups is 4. The zero-order chi connectivity index (χ0) is 47.8. The van der Waals surface area contributed by atoms with Gasteiger partial charge in [0.2, 0.25) is 0 Å². The minimum atomic E-state index is -1.13. The molecule has 0 fully saturated rings. The second kappa shape index (κ2) is 34.3. The first-order valence-electron chi connectivity index (χ1n) is 19.6. The molecule has 0 atom stereocenters. The van der Waals surface area contributed by atoms with Crippen LogP contribution in [0.5, 0.6) is 0 Å². The van der Waals surface area contributed by atoms with Gasteiger partial charge in [0.15, 0.2) is 0 Å². The Morgan fingerprint density at radius 2 is 0.559 bits per heavy atom. The molecule has 14 heteroatoms. The molecule has 8 aromatic rings. The summed E-state index contributed by atoms with van der Waals surface area (Å²) in [5.41, 5.74) is 4.69. The van der Waals surface area contributed by atoms with Gasteiger partial charge in [0, 0.05) is 24.8 Å². The van der Waals surface area contributed by atoms with Gasteiger partial charge in [0.25, 0.3) is 0 Å². The summed E-state index contributed by atoms with van der Waals surface area (Å²) < 4.78 is 25.7. The second-order valence-corrected chi connectivity index (χ2v) is 13.0. The largest absolute Gasteiger partial charge is 2.00 e. The maximum Gasteiger partial charge on any atom is 2.00 e. The number of pyridine rings is 2. The molecule has 68 heavy (non-hydrogen) atoms. The first-order valence-corrected chi connectivity index (χ1v) is 19.6. The molecule has 2 radical (unpaired) electrons. The number of carboxylic acids is 4. The minimum absolute atomic E-state index is 0. The summed E-state index contributed by atoms with van der Waals surface area (Å²) in [6.07, 6.45) is 14.5. The van der Waals surface area contributed by atoms with Crippen LogP contribution in [0.4, 0.5) is 8.78 Å². The standard InChI is InChI=1S/2C13H10FN.4C7H6O2.2Cu/c2*14-13-3-1-2-12(10-13)5-4-11-6-8-15-9-7-11;4*8-7(9)6-4-2-1-3-5-6;;/h2*1-10H;4*1-5H,(H,8,9);;/q;;;;;;2*+2/p-4/b2*5-4+;;;;;;. The summed E-state index contributed by atoms with van der Waals surface area (Å²) >= 11 is 0. The number of nitrogens with zero attached hydrogens (tertiary/aromatic N) is 2. The van der Waals surface area contributed by atoms with Crippen LogP contribution in [0.2, 0.25) is 0 Å². The molecular formula is C54H40Cu2F2N2O8. The van der Waals surface area contributed by atoms with Crippen molar-refractivity contribution in [3.8, 4) is 0 Å². The van der Waals surface area contributed by atoms with Gasteiger partial charge >= 0.3 is 34.1 Å². The first kappa shape index (κ1) is 57.9. The molecule has 0 aliphatic rings. The Hall–Kier alpha value is -8.12. The van der Waals surface area contributed by atoms with Gasteiger partial charge in [0.05, 0.1) is 23.9 Å². The van der Waals surface area contributed by atoms with Crippen LogP contribution in [0, 0.1) is 11.6 Å². The van der Waals surface area contributed by atoms with Crippen molar-refractivity contribution in [3.63, 3.8) is 0 Å². The van der Waals surface area contributed by atoms with Crippen LogP contribution in [-0.2, 0) is 34.1 Å². The van der Waals surface area contributed by atoms with Gasteiger partial charge in [-0.2, -0.15) is 0 Å². The van der Waals surface area contributed by atoms with Crippen LogP contribution in [-0.4, -0.2) is 33.8 Å². The van der Waals surface area contributed by atoms with Gasteiger partial charge in [-0.1, -0.05) is 170 Å². The third-order valence-corrected chi connectivity index (χ3v) is 8.08. The fourth-order valence-corrected chi connectivity index (χ4v) is 4.85. The van der Waals surface area contributed by atoms with Crippen molar-refractivity contribution in [3.05, 3.63) is 275 Å². The Morgan fingerprint density at radius 1 is 0.324 bits per heavy atom. The topological polar surface area (TPSA) is 186 Å². The van der Waals surface area contributed by atoms with E-state index in [2.05, 4.69) is 9.97 Å². The summed E-state index contributed by atoms with van der Waals surface area (Å²) in [5.74, 6) is -4.95. The van der Waals surface area contributed by atoms with Gasteiger partial charge in [0.1, 0.15) is 11.6 Å². The molecule has 6 aromatic carbocycles. The molecule has 0 bridgehead atoms. The number of rotatable bonds is 8. The Morgan fingerprint density at radius 3 is 0.765 bits per heavy atom. The maximum absolute atomic E-state index is 12.8. The SMILES string of the molecule is Fc1cccc(/C=C/c2ccncc2)c1.Fc1cccc(/C=C/c2ccncc2)c1.O=C([O-])c1ccccc1.O=C([O-])c1ccccc1.O=C([O-])c1ccccc1.O=C([O-])c1ccccc1.[Cu+2].[Cu+2].